The van der Waals surface area contributed by atoms with Crippen LogP contribution in [0, 0.1) is 0 Å². The van der Waals surface area contributed by atoms with Crippen molar-refractivity contribution in [2.24, 2.45) is 0 Å². The van der Waals surface area contributed by atoms with Gasteiger partial charge in [0.15, 0.2) is 5.82 Å². The van der Waals surface area contributed by atoms with Crippen LogP contribution in [0.1, 0.15) is 38.1 Å². The van der Waals surface area contributed by atoms with Gasteiger partial charge in [-0.05, 0) is 64.1 Å². The molecule has 2 aromatic heterocycles. The summed E-state index contributed by atoms with van der Waals surface area (Å²) in [4.78, 5) is 36.9. The molecule has 1 aromatic carbocycles. The summed E-state index contributed by atoms with van der Waals surface area (Å²) in [5.74, 6) is 0.207. The standard InChI is InChI=1S/C23H24N4O5/c1-5-30-21(28)18-14-25-19(15-7-6-12-24-13-15)27-20(18)31-17-10-8-16(9-11-17)26-22(29)32-23(2,3)4/h6-14H,5H2,1-4H3,(H,26,29). The van der Waals surface area contributed by atoms with Crippen molar-refractivity contribution in [3.63, 3.8) is 0 Å². The van der Waals surface area contributed by atoms with Crippen molar-refractivity contribution in [3.8, 4) is 23.0 Å². The number of hydrogen-bond acceptors (Lipinski definition) is 8. The van der Waals surface area contributed by atoms with E-state index in [1.807, 2.05) is 0 Å². The van der Waals surface area contributed by atoms with Crippen molar-refractivity contribution in [2.75, 3.05) is 11.9 Å². The first-order valence-corrected chi connectivity index (χ1v) is 9.97. The second-order valence-electron chi connectivity index (χ2n) is 7.63. The lowest BCUT2D eigenvalue weighted by molar-refractivity contribution is 0.0521. The van der Waals surface area contributed by atoms with E-state index in [2.05, 4.69) is 20.3 Å². The fourth-order valence-corrected chi connectivity index (χ4v) is 2.57. The minimum absolute atomic E-state index is 0.0464. The topological polar surface area (TPSA) is 113 Å². The van der Waals surface area contributed by atoms with Gasteiger partial charge in [0.2, 0.25) is 5.88 Å². The molecule has 0 fully saturated rings. The predicted molar refractivity (Wildman–Crippen MR) is 118 cm³/mol. The van der Waals surface area contributed by atoms with Crippen LogP contribution in [-0.2, 0) is 9.47 Å². The largest absolute Gasteiger partial charge is 0.462 e. The molecule has 9 heteroatoms. The summed E-state index contributed by atoms with van der Waals surface area (Å²) in [6.45, 7) is 7.26. The lowest BCUT2D eigenvalue weighted by Crippen LogP contribution is -2.27. The molecule has 1 N–H and O–H groups in total. The van der Waals surface area contributed by atoms with Crippen LogP contribution in [0.4, 0.5) is 10.5 Å². The Morgan fingerprint density at radius 3 is 2.44 bits per heavy atom. The number of aromatic nitrogens is 3. The van der Waals surface area contributed by atoms with Gasteiger partial charge in [-0.3, -0.25) is 10.3 Å². The quantitative estimate of drug-likeness (QED) is 0.546. The zero-order valence-corrected chi connectivity index (χ0v) is 18.3. The van der Waals surface area contributed by atoms with Crippen LogP contribution in [-0.4, -0.2) is 39.2 Å². The van der Waals surface area contributed by atoms with Crippen molar-refractivity contribution in [1.29, 1.82) is 0 Å². The van der Waals surface area contributed by atoms with Crippen molar-refractivity contribution in [1.82, 2.24) is 15.0 Å². The molecule has 9 nitrogen and oxygen atoms in total. The summed E-state index contributed by atoms with van der Waals surface area (Å²) in [5, 5.41) is 2.64. The van der Waals surface area contributed by atoms with Crippen LogP contribution in [0.3, 0.4) is 0 Å². The normalized spacial score (nSPS) is 10.9. The molecule has 0 radical (unpaired) electrons. The molecular formula is C23H24N4O5. The highest BCUT2D eigenvalue weighted by molar-refractivity contribution is 5.92. The van der Waals surface area contributed by atoms with Gasteiger partial charge in [0.1, 0.15) is 16.9 Å². The average Bonchev–Trinajstić information content (AvgIpc) is 2.74. The fraction of sp³-hybridized carbons (Fsp3) is 0.261. The summed E-state index contributed by atoms with van der Waals surface area (Å²) in [6.07, 6.45) is 4.05. The summed E-state index contributed by atoms with van der Waals surface area (Å²) in [5.41, 5.74) is 0.686. The first-order chi connectivity index (χ1) is 15.2. The number of carbonyl (C=O) groups excluding carboxylic acids is 2. The van der Waals surface area contributed by atoms with Crippen LogP contribution in [0.5, 0.6) is 11.6 Å². The van der Waals surface area contributed by atoms with Gasteiger partial charge in [-0.15, -0.1) is 0 Å². The Balaban J connectivity index is 1.83. The van der Waals surface area contributed by atoms with Crippen molar-refractivity contribution in [2.45, 2.75) is 33.3 Å². The number of ether oxygens (including phenoxy) is 3. The minimum Gasteiger partial charge on any atom is -0.462 e. The molecule has 0 saturated carbocycles. The molecule has 0 atom stereocenters. The fourth-order valence-electron chi connectivity index (χ4n) is 2.57. The zero-order valence-electron chi connectivity index (χ0n) is 18.3. The molecule has 0 aliphatic rings. The van der Waals surface area contributed by atoms with E-state index in [4.69, 9.17) is 14.2 Å². The van der Waals surface area contributed by atoms with Gasteiger partial charge in [-0.25, -0.2) is 14.6 Å². The first-order valence-electron chi connectivity index (χ1n) is 9.97. The monoisotopic (exact) mass is 436 g/mol. The number of pyridine rings is 1. The van der Waals surface area contributed by atoms with E-state index in [1.165, 1.54) is 6.20 Å². The maximum atomic E-state index is 12.3. The molecule has 3 rings (SSSR count). The third-order valence-electron chi connectivity index (χ3n) is 3.88. The van der Waals surface area contributed by atoms with Gasteiger partial charge < -0.3 is 14.2 Å². The van der Waals surface area contributed by atoms with Crippen LogP contribution in [0.2, 0.25) is 0 Å². The van der Waals surface area contributed by atoms with E-state index >= 15 is 0 Å². The Kier molecular flexibility index (Phi) is 6.99. The predicted octanol–water partition coefficient (Wildman–Crippen LogP) is 4.85. The van der Waals surface area contributed by atoms with Crippen molar-refractivity contribution in [3.05, 3.63) is 60.6 Å². The molecule has 0 unspecified atom stereocenters. The highest BCUT2D eigenvalue weighted by atomic mass is 16.6. The van der Waals surface area contributed by atoms with Gasteiger partial charge in [0.25, 0.3) is 0 Å². The van der Waals surface area contributed by atoms with Gasteiger partial charge in [-0.1, -0.05) is 0 Å². The number of anilines is 1. The Morgan fingerprint density at radius 2 is 1.81 bits per heavy atom. The number of esters is 1. The number of amides is 1. The summed E-state index contributed by atoms with van der Waals surface area (Å²) in [7, 11) is 0. The molecular weight excluding hydrogens is 412 g/mol. The Labute approximate surface area is 185 Å². The first kappa shape index (κ1) is 22.7. The van der Waals surface area contributed by atoms with Crippen molar-refractivity contribution < 1.29 is 23.8 Å². The number of hydrogen-bond donors (Lipinski definition) is 1. The maximum Gasteiger partial charge on any atom is 0.412 e. The van der Waals surface area contributed by atoms with Crippen molar-refractivity contribution >= 4 is 17.7 Å². The van der Waals surface area contributed by atoms with E-state index in [0.717, 1.165) is 0 Å². The summed E-state index contributed by atoms with van der Waals surface area (Å²) in [6, 6.07) is 10.1. The molecule has 0 aliphatic carbocycles. The number of nitrogens with zero attached hydrogens (tertiary/aromatic N) is 3. The van der Waals surface area contributed by atoms with E-state index in [9.17, 15) is 9.59 Å². The third-order valence-corrected chi connectivity index (χ3v) is 3.88. The molecule has 1 amide bonds. The van der Waals surface area contributed by atoms with Crippen LogP contribution >= 0.6 is 0 Å². The minimum atomic E-state index is -0.602. The second-order valence-corrected chi connectivity index (χ2v) is 7.63. The molecule has 0 bridgehead atoms. The molecule has 0 saturated heterocycles. The Hall–Kier alpha value is -4.01. The molecule has 2 heterocycles. The third kappa shape index (κ3) is 6.24. The highest BCUT2D eigenvalue weighted by Crippen LogP contribution is 2.27. The zero-order chi connectivity index (χ0) is 23.1. The summed E-state index contributed by atoms with van der Waals surface area (Å²) < 4.78 is 16.2. The number of rotatable bonds is 6. The van der Waals surface area contributed by atoms with Gasteiger partial charge in [-0.2, -0.15) is 4.98 Å². The number of benzene rings is 1. The van der Waals surface area contributed by atoms with Gasteiger partial charge in [0.05, 0.1) is 6.61 Å². The molecule has 32 heavy (non-hydrogen) atoms. The lowest BCUT2D eigenvalue weighted by Gasteiger charge is -2.19. The molecule has 166 valence electrons. The highest BCUT2D eigenvalue weighted by Gasteiger charge is 2.19. The number of carbonyl (C=O) groups is 2. The second kappa shape index (κ2) is 9.86. The Morgan fingerprint density at radius 1 is 1.06 bits per heavy atom. The maximum absolute atomic E-state index is 12.3. The van der Waals surface area contributed by atoms with Crippen LogP contribution in [0.25, 0.3) is 11.4 Å². The number of nitrogens with one attached hydrogen (secondary N) is 1. The average molecular weight is 436 g/mol. The molecule has 0 aliphatic heterocycles. The Bertz CT molecular complexity index is 1080. The summed E-state index contributed by atoms with van der Waals surface area (Å²) >= 11 is 0. The lowest BCUT2D eigenvalue weighted by atomic mass is 10.2. The van der Waals surface area contributed by atoms with E-state index in [0.29, 0.717) is 22.8 Å². The van der Waals surface area contributed by atoms with E-state index in [-0.39, 0.29) is 18.1 Å². The van der Waals surface area contributed by atoms with E-state index < -0.39 is 17.7 Å². The van der Waals surface area contributed by atoms with Crippen LogP contribution < -0.4 is 10.1 Å². The van der Waals surface area contributed by atoms with Gasteiger partial charge >= 0.3 is 12.1 Å². The van der Waals surface area contributed by atoms with Crippen LogP contribution in [0.15, 0.2) is 55.0 Å². The molecule has 0 spiro atoms. The van der Waals surface area contributed by atoms with Gasteiger partial charge in [0, 0.05) is 29.8 Å². The molecule has 3 aromatic rings. The van der Waals surface area contributed by atoms with E-state index in [1.54, 1.807) is 76.5 Å². The smallest absolute Gasteiger partial charge is 0.412 e. The SMILES string of the molecule is CCOC(=O)c1cnc(-c2cccnc2)nc1Oc1ccc(NC(=O)OC(C)(C)C)cc1.